The Hall–Kier alpha value is -4.94. The number of rotatable bonds is 17. The summed E-state index contributed by atoms with van der Waals surface area (Å²) in [5, 5.41) is 20.4. The highest BCUT2D eigenvalue weighted by Crippen LogP contribution is 2.19. The first kappa shape index (κ1) is 41.8. The average Bonchev–Trinajstić information content (AvgIpc) is 3.15. The van der Waals surface area contributed by atoms with Gasteiger partial charge in [0.05, 0.1) is 37.9 Å². The normalized spacial score (nSPS) is 15.9. The maximum atomic E-state index is 14.2. The second-order valence-corrected chi connectivity index (χ2v) is 15.0. The third kappa shape index (κ3) is 13.8. The van der Waals surface area contributed by atoms with Crippen molar-refractivity contribution in [1.29, 1.82) is 0 Å². The van der Waals surface area contributed by atoms with E-state index < -0.39 is 53.7 Å². The van der Waals surface area contributed by atoms with Crippen molar-refractivity contribution >= 4 is 23.8 Å². The molecule has 0 aliphatic carbocycles. The summed E-state index contributed by atoms with van der Waals surface area (Å²) >= 11 is 0. The van der Waals surface area contributed by atoms with Crippen LogP contribution in [-0.4, -0.2) is 96.6 Å². The molecule has 12 nitrogen and oxygen atoms in total. The van der Waals surface area contributed by atoms with Crippen molar-refractivity contribution in [3.05, 3.63) is 102 Å². The molecule has 4 N–H and O–H groups in total. The molecule has 1 fully saturated rings. The quantitative estimate of drug-likeness (QED) is 0.160. The number of ether oxygens (including phenoxy) is 3. The van der Waals surface area contributed by atoms with Gasteiger partial charge < -0.3 is 40.2 Å². The highest BCUT2D eigenvalue weighted by atomic mass is 16.6. The number of alkyl carbamates (subject to hydrolysis) is 1. The highest BCUT2D eigenvalue weighted by molar-refractivity contribution is 5.93. The molecule has 1 aliphatic rings. The number of hydrogen-bond donors (Lipinski definition) is 4. The first-order valence-corrected chi connectivity index (χ1v) is 18.7. The van der Waals surface area contributed by atoms with E-state index in [2.05, 4.69) is 16.0 Å². The molecular formula is C42H56N4O8. The van der Waals surface area contributed by atoms with Crippen LogP contribution in [0.2, 0.25) is 0 Å². The number of carbonyl (C=O) groups excluding carboxylic acids is 4. The predicted molar refractivity (Wildman–Crippen MR) is 206 cm³/mol. The van der Waals surface area contributed by atoms with Crippen molar-refractivity contribution in [2.24, 2.45) is 11.8 Å². The number of carbonyl (C=O) groups is 4. The summed E-state index contributed by atoms with van der Waals surface area (Å²) in [6.07, 6.45) is -1.47. The van der Waals surface area contributed by atoms with Gasteiger partial charge in [0, 0.05) is 19.5 Å². The summed E-state index contributed by atoms with van der Waals surface area (Å²) in [6, 6.07) is 25.1. The lowest BCUT2D eigenvalue weighted by atomic mass is 9.92. The highest BCUT2D eigenvalue weighted by Gasteiger charge is 2.35. The SMILES string of the molecule is CC(C)[C@H](NC(=O)[C@@H](COc1ccccc1)CC(O)[C@H](Cc1ccccc1)NC(=O)OC(C)(C)C)C(=O)N[C@@H](Cc1ccccc1)C(=O)N1CCOCC1. The molecule has 1 unspecified atom stereocenters. The molecule has 1 heterocycles. The van der Waals surface area contributed by atoms with E-state index in [-0.39, 0.29) is 37.7 Å². The standard InChI is InChI=1S/C42H56N4O8/c1-29(2)37(39(49)43-35(26-31-17-11-7-12-18-31)40(50)46-21-23-52-24-22-46)45-38(48)32(28-53-33-19-13-8-14-20-33)27-36(47)34(25-30-15-9-6-10-16-30)44-41(51)54-42(3,4)5/h6-20,29,32,34-37,47H,21-28H2,1-5H3,(H,43,49)(H,44,51)(H,45,48)/t32-,34+,35+,36?,37+/m1/s1. The molecule has 0 aromatic heterocycles. The van der Waals surface area contributed by atoms with Crippen molar-refractivity contribution in [2.75, 3.05) is 32.9 Å². The second-order valence-electron chi connectivity index (χ2n) is 15.0. The van der Waals surface area contributed by atoms with Gasteiger partial charge in [-0.1, -0.05) is 92.7 Å². The first-order valence-electron chi connectivity index (χ1n) is 18.7. The van der Waals surface area contributed by atoms with Crippen LogP contribution in [-0.2, 0) is 36.7 Å². The molecule has 0 saturated carbocycles. The van der Waals surface area contributed by atoms with Crippen LogP contribution in [0.4, 0.5) is 4.79 Å². The summed E-state index contributed by atoms with van der Waals surface area (Å²) in [4.78, 5) is 56.5. The first-order chi connectivity index (χ1) is 25.8. The van der Waals surface area contributed by atoms with Crippen molar-refractivity contribution in [3.8, 4) is 5.75 Å². The van der Waals surface area contributed by atoms with Crippen LogP contribution in [0.5, 0.6) is 5.75 Å². The van der Waals surface area contributed by atoms with Crippen molar-refractivity contribution < 1.29 is 38.5 Å². The molecule has 3 aromatic rings. The van der Waals surface area contributed by atoms with Crippen LogP contribution in [0.15, 0.2) is 91.0 Å². The fourth-order valence-electron chi connectivity index (χ4n) is 6.15. The molecule has 5 atom stereocenters. The topological polar surface area (TPSA) is 156 Å². The third-order valence-corrected chi connectivity index (χ3v) is 9.02. The Bertz CT molecular complexity index is 1610. The number of nitrogens with one attached hydrogen (secondary N) is 3. The lowest BCUT2D eigenvalue weighted by molar-refractivity contribution is -0.141. The van der Waals surface area contributed by atoms with Gasteiger partial charge in [-0.15, -0.1) is 0 Å². The number of hydrogen-bond acceptors (Lipinski definition) is 8. The molecule has 12 heteroatoms. The number of morpholine rings is 1. The summed E-state index contributed by atoms with van der Waals surface area (Å²) in [5.74, 6) is -2.01. The van der Waals surface area contributed by atoms with Crippen LogP contribution in [0.1, 0.15) is 52.2 Å². The zero-order valence-corrected chi connectivity index (χ0v) is 32.0. The number of benzene rings is 3. The Labute approximate surface area is 318 Å². The monoisotopic (exact) mass is 744 g/mol. The van der Waals surface area contributed by atoms with Gasteiger partial charge in [0.2, 0.25) is 17.7 Å². The minimum Gasteiger partial charge on any atom is -0.493 e. The van der Waals surface area contributed by atoms with Gasteiger partial charge in [0.25, 0.3) is 0 Å². The fourth-order valence-corrected chi connectivity index (χ4v) is 6.15. The van der Waals surface area contributed by atoms with Gasteiger partial charge in [0.15, 0.2) is 0 Å². The van der Waals surface area contributed by atoms with E-state index in [0.29, 0.717) is 32.1 Å². The Kier molecular flexibility index (Phi) is 15.9. The Balaban J connectivity index is 1.55. The lowest BCUT2D eigenvalue weighted by Crippen LogP contribution is -2.58. The largest absolute Gasteiger partial charge is 0.493 e. The van der Waals surface area contributed by atoms with Gasteiger partial charge in [-0.3, -0.25) is 14.4 Å². The third-order valence-electron chi connectivity index (χ3n) is 9.02. The van der Waals surface area contributed by atoms with Gasteiger partial charge in [-0.2, -0.15) is 0 Å². The summed E-state index contributed by atoms with van der Waals surface area (Å²) < 4.78 is 17.0. The van der Waals surface area contributed by atoms with Gasteiger partial charge in [-0.05, 0) is 62.8 Å². The van der Waals surface area contributed by atoms with Crippen molar-refractivity contribution in [2.45, 2.75) is 83.7 Å². The van der Waals surface area contributed by atoms with E-state index in [0.717, 1.165) is 11.1 Å². The molecule has 54 heavy (non-hydrogen) atoms. The van der Waals surface area contributed by atoms with Gasteiger partial charge >= 0.3 is 6.09 Å². The minimum absolute atomic E-state index is 0.107. The van der Waals surface area contributed by atoms with E-state index in [1.54, 1.807) is 37.8 Å². The molecule has 1 aliphatic heterocycles. The molecule has 4 rings (SSSR count). The number of aliphatic hydroxyl groups is 1. The molecule has 292 valence electrons. The summed E-state index contributed by atoms with van der Waals surface area (Å²) in [7, 11) is 0. The maximum Gasteiger partial charge on any atom is 0.407 e. The van der Waals surface area contributed by atoms with E-state index in [1.807, 2.05) is 92.7 Å². The van der Waals surface area contributed by atoms with Crippen LogP contribution in [0, 0.1) is 11.8 Å². The van der Waals surface area contributed by atoms with Gasteiger partial charge in [0.1, 0.15) is 23.4 Å². The summed E-state index contributed by atoms with van der Waals surface area (Å²) in [6.45, 7) is 10.4. The summed E-state index contributed by atoms with van der Waals surface area (Å²) in [5.41, 5.74) is 0.983. The molecule has 0 bridgehead atoms. The molecule has 4 amide bonds. The van der Waals surface area contributed by atoms with Crippen molar-refractivity contribution in [1.82, 2.24) is 20.9 Å². The average molecular weight is 745 g/mol. The number of para-hydroxylation sites is 1. The van der Waals surface area contributed by atoms with E-state index in [9.17, 15) is 24.3 Å². The number of nitrogens with zero attached hydrogens (tertiary/aromatic N) is 1. The molecule has 1 saturated heterocycles. The minimum atomic E-state index is -1.21. The Morgan fingerprint density at radius 3 is 1.89 bits per heavy atom. The zero-order valence-electron chi connectivity index (χ0n) is 32.0. The molecule has 0 radical (unpaired) electrons. The number of amides is 4. The second kappa shape index (κ2) is 20.5. The van der Waals surface area contributed by atoms with E-state index in [1.165, 1.54) is 0 Å². The maximum absolute atomic E-state index is 14.2. The van der Waals surface area contributed by atoms with Gasteiger partial charge in [-0.25, -0.2) is 4.79 Å². The number of aliphatic hydroxyl groups excluding tert-OH is 1. The van der Waals surface area contributed by atoms with Crippen molar-refractivity contribution in [3.63, 3.8) is 0 Å². The van der Waals surface area contributed by atoms with E-state index >= 15 is 0 Å². The fraction of sp³-hybridized carbons (Fsp3) is 0.476. The molecule has 0 spiro atoms. The Morgan fingerprint density at radius 2 is 1.33 bits per heavy atom. The smallest absolute Gasteiger partial charge is 0.407 e. The molecular weight excluding hydrogens is 688 g/mol. The predicted octanol–water partition coefficient (Wildman–Crippen LogP) is 4.30. The lowest BCUT2D eigenvalue weighted by Gasteiger charge is -2.32. The molecule has 3 aromatic carbocycles. The van der Waals surface area contributed by atoms with Crippen LogP contribution in [0.25, 0.3) is 0 Å². The zero-order chi connectivity index (χ0) is 39.1. The van der Waals surface area contributed by atoms with E-state index in [4.69, 9.17) is 14.2 Å². The Morgan fingerprint density at radius 1 is 0.778 bits per heavy atom. The van der Waals surface area contributed by atoms with Crippen LogP contribution >= 0.6 is 0 Å². The van der Waals surface area contributed by atoms with Crippen LogP contribution in [0.3, 0.4) is 0 Å². The van der Waals surface area contributed by atoms with Crippen LogP contribution < -0.4 is 20.7 Å².